The number of hydrogen-bond acceptors (Lipinski definition) is 6. The second-order valence-electron chi connectivity index (χ2n) is 5.55. The molecule has 1 fully saturated rings. The molecule has 1 heterocycles. The summed E-state index contributed by atoms with van der Waals surface area (Å²) < 4.78 is 5.48. The molecule has 1 aromatic rings. The van der Waals surface area contributed by atoms with Gasteiger partial charge < -0.3 is 30.5 Å². The fourth-order valence-corrected chi connectivity index (χ4v) is 2.85. The highest BCUT2D eigenvalue weighted by Crippen LogP contribution is 2.31. The predicted molar refractivity (Wildman–Crippen MR) is 82.0 cm³/mol. The number of aliphatic hydroxyl groups excluding tert-OH is 3. The minimum absolute atomic E-state index is 0.107. The molecule has 0 saturated carbocycles. The lowest BCUT2D eigenvalue weighted by Crippen LogP contribution is -2.69. The van der Waals surface area contributed by atoms with Crippen molar-refractivity contribution in [1.82, 2.24) is 5.32 Å². The molecule has 1 unspecified atom stereocenters. The first-order chi connectivity index (χ1) is 10.4. The van der Waals surface area contributed by atoms with Crippen LogP contribution in [-0.2, 0) is 11.2 Å². The maximum atomic E-state index is 10.8. The molecule has 1 aromatic carbocycles. The van der Waals surface area contributed by atoms with E-state index in [4.69, 9.17) is 4.74 Å². The van der Waals surface area contributed by atoms with Crippen molar-refractivity contribution < 1.29 is 25.2 Å². The second kappa shape index (κ2) is 6.87. The molecule has 6 heteroatoms. The number of benzene rings is 1. The van der Waals surface area contributed by atoms with Gasteiger partial charge in [0.05, 0.1) is 12.6 Å². The second-order valence-corrected chi connectivity index (χ2v) is 5.55. The van der Waals surface area contributed by atoms with Crippen LogP contribution in [-0.4, -0.2) is 64.2 Å². The van der Waals surface area contributed by atoms with Crippen molar-refractivity contribution in [2.75, 3.05) is 13.7 Å². The van der Waals surface area contributed by atoms with Gasteiger partial charge in [-0.1, -0.05) is 36.9 Å². The molecule has 1 saturated heterocycles. The first-order valence-corrected chi connectivity index (χ1v) is 7.21. The lowest BCUT2D eigenvalue weighted by atomic mass is 9.86. The van der Waals surface area contributed by atoms with Crippen molar-refractivity contribution in [2.45, 2.75) is 36.6 Å². The molecule has 0 aromatic heterocycles. The fourth-order valence-electron chi connectivity index (χ4n) is 2.85. The largest absolute Gasteiger partial charge is 0.394 e. The van der Waals surface area contributed by atoms with Crippen LogP contribution in [0, 0.1) is 0 Å². The van der Waals surface area contributed by atoms with Crippen LogP contribution >= 0.6 is 0 Å². The quantitative estimate of drug-likeness (QED) is 0.491. The fraction of sp³-hybridized carbons (Fsp3) is 0.500. The number of aliphatic hydroxyl groups is 4. The average molecular weight is 309 g/mol. The number of rotatable bonds is 5. The average Bonchev–Trinajstić information content (AvgIpc) is 2.52. The monoisotopic (exact) mass is 309 g/mol. The van der Waals surface area contributed by atoms with Gasteiger partial charge in [-0.05, 0) is 18.2 Å². The number of hydrogen-bond donors (Lipinski definition) is 5. The van der Waals surface area contributed by atoms with E-state index in [1.54, 1.807) is 13.1 Å². The smallest absolute Gasteiger partial charge is 0.188 e. The van der Waals surface area contributed by atoms with Gasteiger partial charge >= 0.3 is 0 Å². The molecule has 2 rings (SSSR count). The van der Waals surface area contributed by atoms with Gasteiger partial charge in [0, 0.05) is 6.42 Å². The Morgan fingerprint density at radius 3 is 2.41 bits per heavy atom. The summed E-state index contributed by atoms with van der Waals surface area (Å²) in [7, 11) is 1.56. The molecule has 6 nitrogen and oxygen atoms in total. The molecular weight excluding hydrogens is 286 g/mol. The zero-order chi connectivity index (χ0) is 16.3. The van der Waals surface area contributed by atoms with E-state index in [0.29, 0.717) is 0 Å². The Balaban J connectivity index is 2.25. The van der Waals surface area contributed by atoms with Gasteiger partial charge in [-0.15, -0.1) is 0 Å². The van der Waals surface area contributed by atoms with Crippen molar-refractivity contribution in [3.63, 3.8) is 0 Å². The molecule has 22 heavy (non-hydrogen) atoms. The molecule has 5 N–H and O–H groups in total. The van der Waals surface area contributed by atoms with Gasteiger partial charge in [0.2, 0.25) is 0 Å². The molecule has 0 amide bonds. The van der Waals surface area contributed by atoms with Crippen LogP contribution in [0.3, 0.4) is 0 Å². The summed E-state index contributed by atoms with van der Waals surface area (Å²) in [6, 6.07) is 6.49. The Morgan fingerprint density at radius 1 is 1.27 bits per heavy atom. The Morgan fingerprint density at radius 2 is 1.91 bits per heavy atom. The summed E-state index contributed by atoms with van der Waals surface area (Å²) >= 11 is 0. The number of likely N-dealkylation sites (N-methyl/N-ethyl adjacent to an activating group) is 1. The van der Waals surface area contributed by atoms with E-state index in [1.807, 2.05) is 24.3 Å². The topological polar surface area (TPSA) is 102 Å². The molecule has 122 valence electrons. The summed E-state index contributed by atoms with van der Waals surface area (Å²) in [6.07, 6.45) is -1.75. The summed E-state index contributed by atoms with van der Waals surface area (Å²) in [4.78, 5) is 0. The Hall–Kier alpha value is -1.28. The maximum Gasteiger partial charge on any atom is 0.188 e. The molecule has 1 aliphatic heterocycles. The lowest BCUT2D eigenvalue weighted by molar-refractivity contribution is -0.318. The lowest BCUT2D eigenvalue weighted by Gasteiger charge is -2.47. The van der Waals surface area contributed by atoms with Crippen molar-refractivity contribution >= 4 is 6.08 Å². The van der Waals surface area contributed by atoms with Crippen LogP contribution in [0.5, 0.6) is 0 Å². The summed E-state index contributed by atoms with van der Waals surface area (Å²) in [5, 5.41) is 42.9. The third-order valence-electron chi connectivity index (χ3n) is 4.08. The third kappa shape index (κ3) is 3.22. The highest BCUT2D eigenvalue weighted by molar-refractivity contribution is 5.47. The number of nitrogens with one attached hydrogen (secondary N) is 1. The minimum Gasteiger partial charge on any atom is -0.394 e. The highest BCUT2D eigenvalue weighted by atomic mass is 16.6. The molecule has 1 aliphatic rings. The van der Waals surface area contributed by atoms with E-state index in [-0.39, 0.29) is 6.42 Å². The van der Waals surface area contributed by atoms with E-state index >= 15 is 0 Å². The first kappa shape index (κ1) is 17.1. The Labute approximate surface area is 129 Å². The van der Waals surface area contributed by atoms with Crippen LogP contribution in [0.1, 0.15) is 11.1 Å². The molecule has 5 atom stereocenters. The molecule has 0 radical (unpaired) electrons. The zero-order valence-corrected chi connectivity index (χ0v) is 12.5. The van der Waals surface area contributed by atoms with Gasteiger partial charge in [-0.25, -0.2) is 0 Å². The zero-order valence-electron chi connectivity index (χ0n) is 12.5. The normalized spacial score (nSPS) is 35.3. The Kier molecular flexibility index (Phi) is 5.33. The van der Waals surface area contributed by atoms with Crippen molar-refractivity contribution in [2.24, 2.45) is 0 Å². The van der Waals surface area contributed by atoms with Crippen LogP contribution in [0.25, 0.3) is 6.08 Å². The minimum atomic E-state index is -1.74. The molecule has 0 spiro atoms. The molecule has 0 bridgehead atoms. The van der Waals surface area contributed by atoms with Gasteiger partial charge in [0.25, 0.3) is 0 Å². The van der Waals surface area contributed by atoms with Gasteiger partial charge in [-0.2, -0.15) is 0 Å². The van der Waals surface area contributed by atoms with E-state index in [2.05, 4.69) is 11.9 Å². The van der Waals surface area contributed by atoms with E-state index in [0.717, 1.165) is 11.1 Å². The van der Waals surface area contributed by atoms with E-state index in [9.17, 15) is 20.4 Å². The SMILES string of the molecule is C=Cc1ccc(CC2(O)O[C@H](CO)[C@@H](O)[C@H](O)[C@H]2NC)cc1. The van der Waals surface area contributed by atoms with E-state index in [1.165, 1.54) is 0 Å². The standard InChI is InChI=1S/C16H23NO5/c1-3-10-4-6-11(7-5-10)8-16(21)15(17-2)14(20)13(19)12(9-18)22-16/h3-7,12-15,17-21H,1,8-9H2,2H3/t12-,13-,14+,15-,16?/m1/s1. The van der Waals surface area contributed by atoms with Crippen molar-refractivity contribution in [1.29, 1.82) is 0 Å². The summed E-state index contributed by atoms with van der Waals surface area (Å²) in [5.41, 5.74) is 1.75. The van der Waals surface area contributed by atoms with Crippen LogP contribution < -0.4 is 5.32 Å². The summed E-state index contributed by atoms with van der Waals surface area (Å²) in [6.45, 7) is 3.19. The third-order valence-corrected chi connectivity index (χ3v) is 4.08. The molecule has 0 aliphatic carbocycles. The van der Waals surface area contributed by atoms with Crippen molar-refractivity contribution in [3.05, 3.63) is 42.0 Å². The van der Waals surface area contributed by atoms with Crippen molar-refractivity contribution in [3.8, 4) is 0 Å². The van der Waals surface area contributed by atoms with Crippen LogP contribution in [0.2, 0.25) is 0 Å². The van der Waals surface area contributed by atoms with E-state index < -0.39 is 36.7 Å². The summed E-state index contributed by atoms with van der Waals surface area (Å²) in [5.74, 6) is -1.74. The first-order valence-electron chi connectivity index (χ1n) is 7.21. The van der Waals surface area contributed by atoms with Gasteiger partial charge in [-0.3, -0.25) is 0 Å². The highest BCUT2D eigenvalue weighted by Gasteiger charge is 2.52. The maximum absolute atomic E-state index is 10.8. The predicted octanol–water partition coefficient (Wildman–Crippen LogP) is -0.738. The molecular formula is C16H23NO5. The van der Waals surface area contributed by atoms with Gasteiger partial charge in [0.15, 0.2) is 5.79 Å². The van der Waals surface area contributed by atoms with Gasteiger partial charge in [0.1, 0.15) is 18.3 Å². The van der Waals surface area contributed by atoms with Crippen LogP contribution in [0.15, 0.2) is 30.8 Å². The van der Waals surface area contributed by atoms with Crippen LogP contribution in [0.4, 0.5) is 0 Å². The Bertz CT molecular complexity index is 506. The number of ether oxygens (including phenoxy) is 1.